The topological polar surface area (TPSA) is 64.7 Å². The number of rotatable bonds is 4. The second-order valence-electron chi connectivity index (χ2n) is 5.30. The van der Waals surface area contributed by atoms with Gasteiger partial charge >= 0.3 is 0 Å². The summed E-state index contributed by atoms with van der Waals surface area (Å²) in [5, 5.41) is 10.7. The van der Waals surface area contributed by atoms with Crippen LogP contribution in [0.3, 0.4) is 0 Å². The lowest BCUT2D eigenvalue weighted by molar-refractivity contribution is 0.0565. The van der Waals surface area contributed by atoms with Gasteiger partial charge in [0.1, 0.15) is 17.6 Å². The van der Waals surface area contributed by atoms with E-state index in [1.165, 1.54) is 6.42 Å². The first-order chi connectivity index (χ1) is 9.10. The lowest BCUT2D eigenvalue weighted by Crippen LogP contribution is -2.47. The summed E-state index contributed by atoms with van der Waals surface area (Å²) in [4.78, 5) is 0. The van der Waals surface area contributed by atoms with E-state index >= 15 is 0 Å². The Morgan fingerprint density at radius 1 is 1.16 bits per heavy atom. The average Bonchev–Trinajstić information content (AvgIpc) is 2.46. The van der Waals surface area contributed by atoms with E-state index in [1.54, 1.807) is 14.2 Å². The molecule has 0 heterocycles. The molecule has 0 aliphatic heterocycles. The lowest BCUT2D eigenvalue weighted by Gasteiger charge is -2.38. The first kappa shape index (κ1) is 14.2. The molecule has 2 rings (SSSR count). The van der Waals surface area contributed by atoms with E-state index in [2.05, 4.69) is 0 Å². The molecule has 3 N–H and O–H groups in total. The van der Waals surface area contributed by atoms with Crippen LogP contribution in [0.4, 0.5) is 0 Å². The van der Waals surface area contributed by atoms with Gasteiger partial charge in [0.25, 0.3) is 0 Å². The van der Waals surface area contributed by atoms with Gasteiger partial charge in [-0.25, -0.2) is 0 Å². The third-order valence-corrected chi connectivity index (χ3v) is 4.06. The van der Waals surface area contributed by atoms with Crippen molar-refractivity contribution < 1.29 is 14.6 Å². The van der Waals surface area contributed by atoms with Crippen LogP contribution < -0.4 is 15.2 Å². The highest BCUT2D eigenvalue weighted by molar-refractivity contribution is 5.43. The normalized spacial score (nSPS) is 19.8. The number of hydrogen-bond acceptors (Lipinski definition) is 4. The minimum absolute atomic E-state index is 0.558. The fraction of sp³-hybridized carbons (Fsp3) is 0.600. The molecule has 0 saturated heterocycles. The van der Waals surface area contributed by atoms with E-state index in [-0.39, 0.29) is 0 Å². The molecule has 0 radical (unpaired) electrons. The summed E-state index contributed by atoms with van der Waals surface area (Å²) in [5.74, 6) is 1.36. The van der Waals surface area contributed by atoms with Crippen LogP contribution in [0.25, 0.3) is 0 Å². The lowest BCUT2D eigenvalue weighted by atomic mass is 9.76. The standard InChI is InChI=1S/C15H23NO3/c1-18-11-6-7-13(19-2)12(10-11)14(17)15(16)8-4-3-5-9-15/h6-7,10,14,17H,3-5,8-9,16H2,1-2H3. The molecule has 1 aliphatic carbocycles. The van der Waals surface area contributed by atoms with Crippen molar-refractivity contribution >= 4 is 0 Å². The molecule has 0 aromatic heterocycles. The Hall–Kier alpha value is -1.26. The van der Waals surface area contributed by atoms with E-state index < -0.39 is 11.6 Å². The zero-order valence-electron chi connectivity index (χ0n) is 11.7. The summed E-state index contributed by atoms with van der Waals surface area (Å²) in [7, 11) is 3.21. The molecule has 0 bridgehead atoms. The van der Waals surface area contributed by atoms with E-state index in [9.17, 15) is 5.11 Å². The highest BCUT2D eigenvalue weighted by Crippen LogP contribution is 2.40. The molecule has 1 aromatic rings. The molecule has 1 unspecified atom stereocenters. The molecule has 1 aliphatic rings. The number of hydrogen-bond donors (Lipinski definition) is 2. The van der Waals surface area contributed by atoms with Gasteiger partial charge in [0, 0.05) is 11.1 Å². The van der Waals surface area contributed by atoms with Crippen LogP contribution in [0.1, 0.15) is 43.8 Å². The van der Waals surface area contributed by atoms with Crippen LogP contribution in [-0.2, 0) is 0 Å². The van der Waals surface area contributed by atoms with E-state index in [1.807, 2.05) is 18.2 Å². The highest BCUT2D eigenvalue weighted by atomic mass is 16.5. The predicted octanol–water partition coefficient (Wildman–Crippen LogP) is 2.40. The fourth-order valence-corrected chi connectivity index (χ4v) is 2.85. The zero-order chi connectivity index (χ0) is 13.9. The number of nitrogens with two attached hydrogens (primary N) is 1. The van der Waals surface area contributed by atoms with Crippen LogP contribution in [0.2, 0.25) is 0 Å². The summed E-state index contributed by atoms with van der Waals surface area (Å²) in [6.07, 6.45) is 4.29. The summed E-state index contributed by atoms with van der Waals surface area (Å²) < 4.78 is 10.5. The Morgan fingerprint density at radius 3 is 2.42 bits per heavy atom. The Morgan fingerprint density at radius 2 is 1.84 bits per heavy atom. The van der Waals surface area contributed by atoms with E-state index in [4.69, 9.17) is 15.2 Å². The van der Waals surface area contributed by atoms with E-state index in [0.29, 0.717) is 17.1 Å². The van der Waals surface area contributed by atoms with Crippen LogP contribution >= 0.6 is 0 Å². The molecule has 1 atom stereocenters. The maximum atomic E-state index is 10.7. The van der Waals surface area contributed by atoms with Gasteiger partial charge in [-0.1, -0.05) is 19.3 Å². The zero-order valence-corrected chi connectivity index (χ0v) is 11.7. The van der Waals surface area contributed by atoms with Gasteiger partial charge in [-0.05, 0) is 31.0 Å². The van der Waals surface area contributed by atoms with Gasteiger partial charge in [0.15, 0.2) is 0 Å². The predicted molar refractivity (Wildman–Crippen MR) is 74.5 cm³/mol. The summed E-state index contributed by atoms with van der Waals surface area (Å²) in [6, 6.07) is 5.44. The van der Waals surface area contributed by atoms with Crippen molar-refractivity contribution in [3.63, 3.8) is 0 Å². The van der Waals surface area contributed by atoms with Crippen LogP contribution in [0.15, 0.2) is 18.2 Å². The Bertz CT molecular complexity index is 427. The molecule has 4 nitrogen and oxygen atoms in total. The minimum atomic E-state index is -0.724. The van der Waals surface area contributed by atoms with Crippen LogP contribution in [0, 0.1) is 0 Å². The Kier molecular flexibility index (Phi) is 4.32. The van der Waals surface area contributed by atoms with Gasteiger partial charge in [-0.3, -0.25) is 0 Å². The maximum Gasteiger partial charge on any atom is 0.125 e. The smallest absolute Gasteiger partial charge is 0.125 e. The number of ether oxygens (including phenoxy) is 2. The Labute approximate surface area is 114 Å². The van der Waals surface area contributed by atoms with Gasteiger partial charge in [-0.2, -0.15) is 0 Å². The van der Waals surface area contributed by atoms with Crippen molar-refractivity contribution in [2.75, 3.05) is 14.2 Å². The molecule has 4 heteroatoms. The molecule has 1 aromatic carbocycles. The molecule has 106 valence electrons. The summed E-state index contributed by atoms with van der Waals surface area (Å²) >= 11 is 0. The molecule has 0 amide bonds. The minimum Gasteiger partial charge on any atom is -0.497 e. The second kappa shape index (κ2) is 5.80. The highest BCUT2D eigenvalue weighted by Gasteiger charge is 2.37. The van der Waals surface area contributed by atoms with Crippen molar-refractivity contribution in [1.82, 2.24) is 0 Å². The fourth-order valence-electron chi connectivity index (χ4n) is 2.85. The van der Waals surface area contributed by atoms with Gasteiger partial charge in [0.05, 0.1) is 14.2 Å². The van der Waals surface area contributed by atoms with Gasteiger partial charge in [-0.15, -0.1) is 0 Å². The number of benzene rings is 1. The quantitative estimate of drug-likeness (QED) is 0.877. The molecular formula is C15H23NO3. The average molecular weight is 265 g/mol. The Balaban J connectivity index is 2.33. The largest absolute Gasteiger partial charge is 0.497 e. The van der Waals surface area contributed by atoms with E-state index in [0.717, 1.165) is 25.7 Å². The molecular weight excluding hydrogens is 242 g/mol. The number of methoxy groups -OCH3 is 2. The first-order valence-electron chi connectivity index (χ1n) is 6.79. The SMILES string of the molecule is COc1ccc(OC)c(C(O)C2(N)CCCCC2)c1. The third kappa shape index (κ3) is 2.85. The van der Waals surface area contributed by atoms with Crippen LogP contribution in [0.5, 0.6) is 11.5 Å². The molecule has 0 spiro atoms. The third-order valence-electron chi connectivity index (χ3n) is 4.06. The molecule has 1 fully saturated rings. The van der Waals surface area contributed by atoms with Crippen molar-refractivity contribution in [1.29, 1.82) is 0 Å². The van der Waals surface area contributed by atoms with Crippen molar-refractivity contribution in [3.05, 3.63) is 23.8 Å². The van der Waals surface area contributed by atoms with Gasteiger partial charge in [0.2, 0.25) is 0 Å². The van der Waals surface area contributed by atoms with Crippen molar-refractivity contribution in [2.45, 2.75) is 43.7 Å². The molecule has 1 saturated carbocycles. The monoisotopic (exact) mass is 265 g/mol. The number of aliphatic hydroxyl groups excluding tert-OH is 1. The summed E-state index contributed by atoms with van der Waals surface area (Å²) in [5.41, 5.74) is 6.56. The first-order valence-corrected chi connectivity index (χ1v) is 6.79. The van der Waals surface area contributed by atoms with Gasteiger partial charge < -0.3 is 20.3 Å². The second-order valence-corrected chi connectivity index (χ2v) is 5.30. The van der Waals surface area contributed by atoms with Crippen LogP contribution in [-0.4, -0.2) is 24.9 Å². The maximum absolute atomic E-state index is 10.7. The number of aliphatic hydroxyl groups is 1. The van der Waals surface area contributed by atoms with Crippen molar-refractivity contribution in [3.8, 4) is 11.5 Å². The van der Waals surface area contributed by atoms with Crippen molar-refractivity contribution in [2.24, 2.45) is 5.73 Å². The summed E-state index contributed by atoms with van der Waals surface area (Å²) in [6.45, 7) is 0. The molecule has 19 heavy (non-hydrogen) atoms.